The number of fused-ring (bicyclic) bond motifs is 1. The molecule has 130 valence electrons. The first-order valence-corrected chi connectivity index (χ1v) is 8.64. The Labute approximate surface area is 152 Å². The average Bonchev–Trinajstić information content (AvgIpc) is 2.91. The third-order valence-corrected chi connectivity index (χ3v) is 4.50. The molecule has 0 fully saturated rings. The number of anilines is 2. The van der Waals surface area contributed by atoms with E-state index in [4.69, 9.17) is 9.84 Å². The summed E-state index contributed by atoms with van der Waals surface area (Å²) in [7, 11) is 0. The molecule has 0 saturated heterocycles. The molecule has 0 saturated carbocycles. The molecule has 25 heavy (non-hydrogen) atoms. The summed E-state index contributed by atoms with van der Waals surface area (Å²) < 4.78 is 6.56. The number of benzene rings is 1. The van der Waals surface area contributed by atoms with E-state index in [1.165, 1.54) is 12.1 Å². The zero-order chi connectivity index (χ0) is 18.0. The van der Waals surface area contributed by atoms with Crippen LogP contribution < -0.4 is 10.1 Å². The van der Waals surface area contributed by atoms with E-state index in [1.54, 1.807) is 12.1 Å². The first-order chi connectivity index (χ1) is 12.0. The molecule has 0 unspecified atom stereocenters. The van der Waals surface area contributed by atoms with Crippen molar-refractivity contribution < 1.29 is 14.6 Å². The molecule has 3 N–H and O–H groups in total. The van der Waals surface area contributed by atoms with Crippen molar-refractivity contribution in [2.75, 3.05) is 11.9 Å². The lowest BCUT2D eigenvalue weighted by Gasteiger charge is -2.09. The SMILES string of the molecule is CCOc1nc(Nc2cccc(C(=O)O)c2)nc2[nH]c(CC)c(Br)c12. The summed E-state index contributed by atoms with van der Waals surface area (Å²) in [5.41, 5.74) is 2.43. The van der Waals surface area contributed by atoms with Crippen LogP contribution in [0.1, 0.15) is 29.9 Å². The standard InChI is InChI=1S/C17H17BrN4O3/c1-3-11-13(18)12-14(20-11)21-17(22-15(12)25-4-2)19-10-7-5-6-9(8-10)16(23)24/h5-8H,3-4H2,1-2H3,(H,23,24)(H2,19,20,21,22). The predicted molar refractivity (Wildman–Crippen MR) is 98.8 cm³/mol. The Morgan fingerprint density at radius 1 is 1.36 bits per heavy atom. The molecule has 0 bridgehead atoms. The average molecular weight is 405 g/mol. The van der Waals surface area contributed by atoms with E-state index < -0.39 is 5.97 Å². The fourth-order valence-electron chi connectivity index (χ4n) is 2.48. The van der Waals surface area contributed by atoms with Crippen molar-refractivity contribution in [2.45, 2.75) is 20.3 Å². The number of carboxylic acids is 1. The number of hydrogen-bond donors (Lipinski definition) is 3. The van der Waals surface area contributed by atoms with E-state index in [0.29, 0.717) is 29.8 Å². The van der Waals surface area contributed by atoms with Crippen molar-refractivity contribution in [3.05, 3.63) is 40.0 Å². The van der Waals surface area contributed by atoms with Gasteiger partial charge in [-0.2, -0.15) is 9.97 Å². The molecular weight excluding hydrogens is 388 g/mol. The van der Waals surface area contributed by atoms with Crippen molar-refractivity contribution in [1.29, 1.82) is 0 Å². The maximum absolute atomic E-state index is 11.1. The number of carboxylic acid groups (broad SMARTS) is 1. The van der Waals surface area contributed by atoms with Gasteiger partial charge in [-0.3, -0.25) is 0 Å². The molecule has 2 aromatic heterocycles. The molecule has 0 aliphatic carbocycles. The number of nitrogens with zero attached hydrogens (tertiary/aromatic N) is 2. The molecule has 3 rings (SSSR count). The van der Waals surface area contributed by atoms with Crippen LogP contribution in [-0.4, -0.2) is 32.6 Å². The van der Waals surface area contributed by atoms with Crippen LogP contribution in [0.3, 0.4) is 0 Å². The molecule has 1 aromatic carbocycles. The second kappa shape index (κ2) is 7.10. The van der Waals surface area contributed by atoms with Crippen molar-refractivity contribution in [3.63, 3.8) is 0 Å². The normalized spacial score (nSPS) is 10.8. The lowest BCUT2D eigenvalue weighted by Crippen LogP contribution is -2.03. The van der Waals surface area contributed by atoms with E-state index in [-0.39, 0.29) is 5.56 Å². The van der Waals surface area contributed by atoms with Crippen LogP contribution in [0.25, 0.3) is 11.0 Å². The van der Waals surface area contributed by atoms with Crippen LogP contribution in [0, 0.1) is 0 Å². The van der Waals surface area contributed by atoms with Gasteiger partial charge in [0.2, 0.25) is 11.8 Å². The van der Waals surface area contributed by atoms with Gasteiger partial charge in [-0.25, -0.2) is 4.79 Å². The number of nitrogens with one attached hydrogen (secondary N) is 2. The maximum atomic E-state index is 11.1. The zero-order valence-corrected chi connectivity index (χ0v) is 15.3. The molecule has 0 aliphatic heterocycles. The number of aryl methyl sites for hydroxylation is 1. The summed E-state index contributed by atoms with van der Waals surface area (Å²) >= 11 is 3.57. The smallest absolute Gasteiger partial charge is 0.335 e. The van der Waals surface area contributed by atoms with Gasteiger partial charge in [0.15, 0.2) is 0 Å². The summed E-state index contributed by atoms with van der Waals surface area (Å²) in [5.74, 6) is -0.196. The van der Waals surface area contributed by atoms with Crippen LogP contribution in [-0.2, 0) is 6.42 Å². The topological polar surface area (TPSA) is 100 Å². The first kappa shape index (κ1) is 17.2. The highest BCUT2D eigenvalue weighted by Gasteiger charge is 2.17. The van der Waals surface area contributed by atoms with E-state index in [9.17, 15) is 4.79 Å². The van der Waals surface area contributed by atoms with Gasteiger partial charge in [0, 0.05) is 11.4 Å². The monoisotopic (exact) mass is 404 g/mol. The lowest BCUT2D eigenvalue weighted by molar-refractivity contribution is 0.0697. The quantitative estimate of drug-likeness (QED) is 0.571. The number of hydrogen-bond acceptors (Lipinski definition) is 5. The van der Waals surface area contributed by atoms with Gasteiger partial charge in [0.1, 0.15) is 5.65 Å². The Morgan fingerprint density at radius 3 is 2.84 bits per heavy atom. The van der Waals surface area contributed by atoms with Gasteiger partial charge < -0.3 is 20.1 Å². The van der Waals surface area contributed by atoms with E-state index in [2.05, 4.69) is 36.2 Å². The highest BCUT2D eigenvalue weighted by atomic mass is 79.9. The number of halogens is 1. The highest BCUT2D eigenvalue weighted by Crippen LogP contribution is 2.34. The molecule has 2 heterocycles. The van der Waals surface area contributed by atoms with Crippen molar-refractivity contribution in [2.24, 2.45) is 0 Å². The van der Waals surface area contributed by atoms with Crippen LogP contribution >= 0.6 is 15.9 Å². The minimum Gasteiger partial charge on any atom is -0.478 e. The Morgan fingerprint density at radius 2 is 2.16 bits per heavy atom. The second-order valence-electron chi connectivity index (χ2n) is 5.29. The Hall–Kier alpha value is -2.61. The maximum Gasteiger partial charge on any atom is 0.335 e. The predicted octanol–water partition coefficient (Wildman–Crippen LogP) is 4.12. The Bertz CT molecular complexity index is 939. The van der Waals surface area contributed by atoms with Crippen molar-refractivity contribution >= 4 is 44.6 Å². The molecule has 0 radical (unpaired) electrons. The molecule has 7 nitrogen and oxygen atoms in total. The van der Waals surface area contributed by atoms with Gasteiger partial charge in [-0.05, 0) is 47.5 Å². The first-order valence-electron chi connectivity index (χ1n) is 7.84. The summed E-state index contributed by atoms with van der Waals surface area (Å²) in [5, 5.41) is 12.9. The number of aromatic amines is 1. The molecule has 0 atom stereocenters. The largest absolute Gasteiger partial charge is 0.478 e. The fraction of sp³-hybridized carbons (Fsp3) is 0.235. The molecule has 0 aliphatic rings. The molecular formula is C17H17BrN4O3. The Balaban J connectivity index is 2.04. The fourth-order valence-corrected chi connectivity index (χ4v) is 3.21. The number of aromatic carboxylic acids is 1. The summed E-state index contributed by atoms with van der Waals surface area (Å²) in [6.07, 6.45) is 0.811. The van der Waals surface area contributed by atoms with E-state index >= 15 is 0 Å². The highest BCUT2D eigenvalue weighted by molar-refractivity contribution is 9.10. The second-order valence-corrected chi connectivity index (χ2v) is 6.08. The minimum atomic E-state index is -0.990. The minimum absolute atomic E-state index is 0.187. The van der Waals surface area contributed by atoms with E-state index in [0.717, 1.165) is 22.0 Å². The van der Waals surface area contributed by atoms with E-state index in [1.807, 2.05) is 13.8 Å². The number of ether oxygens (including phenoxy) is 1. The molecule has 8 heteroatoms. The number of aromatic nitrogens is 3. The molecule has 0 amide bonds. The summed E-state index contributed by atoms with van der Waals surface area (Å²) in [6, 6.07) is 6.47. The van der Waals surface area contributed by atoms with Gasteiger partial charge >= 0.3 is 5.97 Å². The van der Waals surface area contributed by atoms with Gasteiger partial charge in [-0.1, -0.05) is 13.0 Å². The van der Waals surface area contributed by atoms with Crippen molar-refractivity contribution in [3.8, 4) is 5.88 Å². The van der Waals surface area contributed by atoms with Crippen LogP contribution in [0.2, 0.25) is 0 Å². The van der Waals surface area contributed by atoms with Gasteiger partial charge in [0.25, 0.3) is 0 Å². The third-order valence-electron chi connectivity index (χ3n) is 3.63. The summed E-state index contributed by atoms with van der Waals surface area (Å²) in [6.45, 7) is 4.40. The summed E-state index contributed by atoms with van der Waals surface area (Å²) in [4.78, 5) is 23.3. The number of rotatable bonds is 6. The number of H-pyrrole nitrogens is 1. The van der Waals surface area contributed by atoms with Crippen LogP contribution in [0.15, 0.2) is 28.7 Å². The van der Waals surface area contributed by atoms with Crippen LogP contribution in [0.4, 0.5) is 11.6 Å². The Kier molecular flexibility index (Phi) is 4.89. The number of carbonyl (C=O) groups is 1. The molecule has 3 aromatic rings. The zero-order valence-electron chi connectivity index (χ0n) is 13.8. The lowest BCUT2D eigenvalue weighted by atomic mass is 10.2. The van der Waals surface area contributed by atoms with Gasteiger partial charge in [0.05, 0.1) is 22.0 Å². The molecule has 0 spiro atoms. The van der Waals surface area contributed by atoms with Crippen LogP contribution in [0.5, 0.6) is 5.88 Å². The van der Waals surface area contributed by atoms with Crippen molar-refractivity contribution in [1.82, 2.24) is 15.0 Å². The van der Waals surface area contributed by atoms with Gasteiger partial charge in [-0.15, -0.1) is 0 Å². The third kappa shape index (κ3) is 3.43.